The summed E-state index contributed by atoms with van der Waals surface area (Å²) in [7, 11) is 0. The van der Waals surface area contributed by atoms with E-state index in [1.165, 1.54) is 44.5 Å². The monoisotopic (exact) mass is 334 g/mol. The van der Waals surface area contributed by atoms with Gasteiger partial charge < -0.3 is 4.90 Å². The zero-order chi connectivity index (χ0) is 12.7. The van der Waals surface area contributed by atoms with Gasteiger partial charge in [-0.25, -0.2) is 9.97 Å². The van der Waals surface area contributed by atoms with Crippen molar-refractivity contribution < 1.29 is 0 Å². The number of hydrogen-bond acceptors (Lipinski definition) is 3. The molecule has 2 aromatic rings. The highest BCUT2D eigenvalue weighted by Gasteiger charge is 2.42. The molecule has 2 atom stereocenters. The van der Waals surface area contributed by atoms with Gasteiger partial charge in [-0.05, 0) is 44.0 Å². The van der Waals surface area contributed by atoms with E-state index >= 15 is 0 Å². The van der Waals surface area contributed by atoms with Crippen molar-refractivity contribution in [2.45, 2.75) is 24.7 Å². The second-order valence-electron chi connectivity index (χ2n) is 5.79. The van der Waals surface area contributed by atoms with Gasteiger partial charge >= 0.3 is 0 Å². The van der Waals surface area contributed by atoms with Crippen LogP contribution in [0.2, 0.25) is 0 Å². The fourth-order valence-corrected chi connectivity index (χ4v) is 3.62. The van der Waals surface area contributed by atoms with Crippen LogP contribution in [-0.4, -0.2) is 39.1 Å². The highest BCUT2D eigenvalue weighted by atomic mass is 79.9. The molecule has 0 N–H and O–H groups in total. The van der Waals surface area contributed by atoms with Crippen LogP contribution in [0.4, 0.5) is 0 Å². The summed E-state index contributed by atoms with van der Waals surface area (Å²) >= 11 is 0. The molecule has 2 unspecified atom stereocenters. The number of piperidine rings is 1. The van der Waals surface area contributed by atoms with Gasteiger partial charge in [-0.1, -0.05) is 6.07 Å². The van der Waals surface area contributed by atoms with Crippen LogP contribution in [0.25, 0.3) is 5.82 Å². The molecule has 2 aromatic heterocycles. The highest BCUT2D eigenvalue weighted by molar-refractivity contribution is 8.93. The van der Waals surface area contributed by atoms with Crippen LogP contribution in [-0.2, 0) is 5.41 Å². The summed E-state index contributed by atoms with van der Waals surface area (Å²) < 4.78 is 1.95. The first kappa shape index (κ1) is 13.8. The maximum absolute atomic E-state index is 4.61. The lowest BCUT2D eigenvalue weighted by atomic mass is 9.75. The fraction of sp³-hybridized carbons (Fsp3) is 0.467. The van der Waals surface area contributed by atoms with Crippen molar-refractivity contribution in [1.29, 1.82) is 0 Å². The summed E-state index contributed by atoms with van der Waals surface area (Å²) in [5.74, 6) is 0.948. The molecule has 0 amide bonds. The summed E-state index contributed by atoms with van der Waals surface area (Å²) in [6.07, 6.45) is 11.5. The third-order valence-electron chi connectivity index (χ3n) is 4.69. The molecule has 2 bridgehead atoms. The Bertz CT molecular complexity index is 562. The van der Waals surface area contributed by atoms with Crippen LogP contribution in [0.15, 0.2) is 37.1 Å². The minimum atomic E-state index is 0. The van der Waals surface area contributed by atoms with Gasteiger partial charge in [-0.15, -0.1) is 17.0 Å². The Labute approximate surface area is 129 Å². The van der Waals surface area contributed by atoms with Gasteiger partial charge in [0, 0.05) is 30.6 Å². The SMILES string of the molecule is Br.c1cn(-c2ccc(C34CCCN(CC3)C4)cn2)cn1. The molecule has 106 valence electrons. The van der Waals surface area contributed by atoms with E-state index in [1.807, 2.05) is 10.8 Å². The molecular formula is C15H19BrN4. The molecule has 2 saturated heterocycles. The third kappa shape index (κ3) is 2.19. The molecule has 2 fully saturated rings. The number of hydrogen-bond donors (Lipinski definition) is 0. The quantitative estimate of drug-likeness (QED) is 0.846. The molecule has 5 heteroatoms. The maximum atomic E-state index is 4.61. The largest absolute Gasteiger partial charge is 0.302 e. The Balaban J connectivity index is 0.00000121. The average Bonchev–Trinajstić information content (AvgIpc) is 3.09. The van der Waals surface area contributed by atoms with Crippen molar-refractivity contribution in [2.75, 3.05) is 19.6 Å². The zero-order valence-electron chi connectivity index (χ0n) is 11.4. The third-order valence-corrected chi connectivity index (χ3v) is 4.69. The maximum Gasteiger partial charge on any atom is 0.137 e. The summed E-state index contributed by atoms with van der Waals surface area (Å²) in [6, 6.07) is 4.38. The Morgan fingerprint density at radius 1 is 1.15 bits per heavy atom. The minimum absolute atomic E-state index is 0. The molecule has 4 heterocycles. The van der Waals surface area contributed by atoms with Crippen LogP contribution < -0.4 is 0 Å². The Morgan fingerprint density at radius 3 is 2.85 bits per heavy atom. The van der Waals surface area contributed by atoms with Gasteiger partial charge in [-0.2, -0.15) is 0 Å². The second-order valence-corrected chi connectivity index (χ2v) is 5.79. The normalized spacial score (nSPS) is 28.1. The van der Waals surface area contributed by atoms with Crippen LogP contribution in [0.5, 0.6) is 0 Å². The lowest BCUT2D eigenvalue weighted by Crippen LogP contribution is -2.36. The smallest absolute Gasteiger partial charge is 0.137 e. The molecule has 0 aromatic carbocycles. The van der Waals surface area contributed by atoms with Crippen molar-refractivity contribution in [3.8, 4) is 5.82 Å². The van der Waals surface area contributed by atoms with E-state index < -0.39 is 0 Å². The van der Waals surface area contributed by atoms with E-state index in [0.29, 0.717) is 5.41 Å². The first-order chi connectivity index (χ1) is 9.36. The molecule has 0 aliphatic carbocycles. The van der Waals surface area contributed by atoms with Crippen LogP contribution >= 0.6 is 17.0 Å². The summed E-state index contributed by atoms with van der Waals surface area (Å²) in [6.45, 7) is 3.75. The van der Waals surface area contributed by atoms with Crippen molar-refractivity contribution in [2.24, 2.45) is 0 Å². The first-order valence-electron chi connectivity index (χ1n) is 7.03. The Morgan fingerprint density at radius 2 is 2.10 bits per heavy atom. The molecule has 4 nitrogen and oxygen atoms in total. The minimum Gasteiger partial charge on any atom is -0.302 e. The van der Waals surface area contributed by atoms with Crippen molar-refractivity contribution in [1.82, 2.24) is 19.4 Å². The van der Waals surface area contributed by atoms with Crippen LogP contribution in [0.1, 0.15) is 24.8 Å². The van der Waals surface area contributed by atoms with Gasteiger partial charge in [0.25, 0.3) is 0 Å². The summed E-state index contributed by atoms with van der Waals surface area (Å²) in [4.78, 5) is 11.3. The predicted molar refractivity (Wildman–Crippen MR) is 83.7 cm³/mol. The van der Waals surface area contributed by atoms with Crippen molar-refractivity contribution in [3.63, 3.8) is 0 Å². The molecule has 2 aliphatic heterocycles. The van der Waals surface area contributed by atoms with E-state index in [9.17, 15) is 0 Å². The summed E-state index contributed by atoms with van der Waals surface area (Å²) in [5, 5.41) is 0. The van der Waals surface area contributed by atoms with Gasteiger partial charge in [-0.3, -0.25) is 4.57 Å². The van der Waals surface area contributed by atoms with E-state index in [0.717, 1.165) is 5.82 Å². The Hall–Kier alpha value is -1.20. The molecule has 0 radical (unpaired) electrons. The van der Waals surface area contributed by atoms with E-state index in [-0.39, 0.29) is 17.0 Å². The number of aromatic nitrogens is 3. The number of imidazole rings is 1. The van der Waals surface area contributed by atoms with Gasteiger partial charge in [0.2, 0.25) is 0 Å². The van der Waals surface area contributed by atoms with Crippen molar-refractivity contribution >= 4 is 17.0 Å². The zero-order valence-corrected chi connectivity index (χ0v) is 13.1. The molecule has 20 heavy (non-hydrogen) atoms. The fourth-order valence-electron chi connectivity index (χ4n) is 3.62. The number of fused-ring (bicyclic) bond motifs is 2. The molecular weight excluding hydrogens is 316 g/mol. The molecule has 0 saturated carbocycles. The molecule has 0 spiro atoms. The van der Waals surface area contributed by atoms with E-state index in [1.54, 1.807) is 12.5 Å². The second kappa shape index (κ2) is 5.30. The van der Waals surface area contributed by atoms with Crippen LogP contribution in [0, 0.1) is 0 Å². The first-order valence-corrected chi connectivity index (χ1v) is 7.03. The van der Waals surface area contributed by atoms with E-state index in [2.05, 4.69) is 33.2 Å². The topological polar surface area (TPSA) is 34.0 Å². The predicted octanol–water partition coefficient (Wildman–Crippen LogP) is 2.58. The van der Waals surface area contributed by atoms with Crippen molar-refractivity contribution in [3.05, 3.63) is 42.6 Å². The number of pyridine rings is 1. The van der Waals surface area contributed by atoms with Gasteiger partial charge in [0.05, 0.1) is 0 Å². The Kier molecular flexibility index (Phi) is 3.65. The van der Waals surface area contributed by atoms with Gasteiger partial charge in [0.1, 0.15) is 12.1 Å². The molecule has 2 aliphatic rings. The number of nitrogens with zero attached hydrogens (tertiary/aromatic N) is 4. The van der Waals surface area contributed by atoms with Crippen LogP contribution in [0.3, 0.4) is 0 Å². The van der Waals surface area contributed by atoms with Gasteiger partial charge in [0.15, 0.2) is 0 Å². The number of rotatable bonds is 2. The highest BCUT2D eigenvalue weighted by Crippen LogP contribution is 2.41. The summed E-state index contributed by atoms with van der Waals surface area (Å²) in [5.41, 5.74) is 1.79. The lowest BCUT2D eigenvalue weighted by molar-refractivity contribution is 0.243. The lowest BCUT2D eigenvalue weighted by Gasteiger charge is -2.34. The average molecular weight is 335 g/mol. The van der Waals surface area contributed by atoms with E-state index in [4.69, 9.17) is 0 Å². The standard InChI is InChI=1S/C15H18N4.BrH/c1-4-15(5-8-18(7-1)11-15)13-2-3-14(17-10-13)19-9-6-16-12-19;/h2-3,6,9-10,12H,1,4-5,7-8,11H2;1H. The molecule has 4 rings (SSSR count). The number of halogens is 1.